The molecule has 13 nitrogen and oxygen atoms in total. The fourth-order valence-electron chi connectivity index (χ4n) is 4.68. The number of nitrogens with one attached hydrogen (secondary N) is 1. The normalized spacial score (nSPS) is 18.2. The van der Waals surface area contributed by atoms with Gasteiger partial charge in [0.1, 0.15) is 16.9 Å². The maximum atomic E-state index is 16.2. The van der Waals surface area contributed by atoms with Crippen LogP contribution in [0.3, 0.4) is 0 Å². The topological polar surface area (TPSA) is 208 Å². The number of carbonyl (C=O) groups excluding carboxylic acids is 2. The highest BCUT2D eigenvalue weighted by Gasteiger charge is 2.55. The Morgan fingerprint density at radius 3 is 2.24 bits per heavy atom. The number of hydrogen-bond acceptors (Lipinski definition) is 9. The number of fused-ring (bicyclic) bond motifs is 1. The van der Waals surface area contributed by atoms with Crippen molar-refractivity contribution < 1.29 is 53.1 Å². The van der Waals surface area contributed by atoms with E-state index < -0.39 is 47.4 Å². The van der Waals surface area contributed by atoms with Gasteiger partial charge in [0.25, 0.3) is 0 Å². The molecule has 1 fully saturated rings. The standard InChI is InChI=1S/C28H26FN3O5.C4H6O5/c1-35-23-15-18-20(16-24(23)36-2)31-14-9-21(18)37-22-6-4-3-5-19(22)28(29)10-7-17(8-11-28)32-26(34)27(12-13-27)25(30)33;5-2(4(8)9)1-3(6)7/h3-10,14-16H,11-13H2,1-2H3,(H2,30,33)(H,32,34);2,5H,1H2,(H,6,7)(H,8,9)/t;2-/m.0/s1. The molecule has 0 bridgehead atoms. The van der Waals surface area contributed by atoms with Crippen molar-refractivity contribution in [3.05, 3.63) is 78.1 Å². The molecule has 3 aromatic rings. The first-order chi connectivity index (χ1) is 21.8. The van der Waals surface area contributed by atoms with Gasteiger partial charge < -0.3 is 40.6 Å². The number of ether oxygens (including phenoxy) is 3. The molecule has 242 valence electrons. The zero-order valence-electron chi connectivity index (χ0n) is 24.9. The maximum absolute atomic E-state index is 16.2. The van der Waals surface area contributed by atoms with Crippen LogP contribution in [0, 0.1) is 5.41 Å². The first kappa shape index (κ1) is 33.4. The van der Waals surface area contributed by atoms with Crippen LogP contribution in [0.1, 0.15) is 31.2 Å². The molecule has 46 heavy (non-hydrogen) atoms. The Hall–Kier alpha value is -5.50. The van der Waals surface area contributed by atoms with Crippen LogP contribution in [0.15, 0.2) is 72.6 Å². The van der Waals surface area contributed by atoms with Crippen LogP contribution in [0.4, 0.5) is 4.39 Å². The molecule has 1 saturated carbocycles. The molecule has 6 N–H and O–H groups in total. The lowest BCUT2D eigenvalue weighted by Gasteiger charge is -2.27. The van der Waals surface area contributed by atoms with Gasteiger partial charge in [0.2, 0.25) is 11.8 Å². The Balaban J connectivity index is 0.000000468. The summed E-state index contributed by atoms with van der Waals surface area (Å²) in [5.41, 5.74) is 3.72. The second kappa shape index (κ2) is 13.6. The zero-order chi connectivity index (χ0) is 33.6. The average molecular weight is 638 g/mol. The predicted octanol–water partition coefficient (Wildman–Crippen LogP) is 3.34. The number of aliphatic hydroxyl groups is 1. The molecule has 2 aliphatic carbocycles. The quantitative estimate of drug-likeness (QED) is 0.193. The van der Waals surface area contributed by atoms with E-state index in [2.05, 4.69) is 10.3 Å². The summed E-state index contributed by atoms with van der Waals surface area (Å²) in [5, 5.41) is 27.5. The lowest BCUT2D eigenvalue weighted by molar-refractivity contribution is -0.152. The smallest absolute Gasteiger partial charge is 0.333 e. The number of aromatic nitrogens is 1. The number of carbonyl (C=O) groups is 4. The number of carboxylic acids is 2. The minimum atomic E-state index is -1.88. The van der Waals surface area contributed by atoms with Crippen molar-refractivity contribution in [3.63, 3.8) is 0 Å². The highest BCUT2D eigenvalue weighted by atomic mass is 19.1. The summed E-state index contributed by atoms with van der Waals surface area (Å²) in [4.78, 5) is 47.9. The highest BCUT2D eigenvalue weighted by Crippen LogP contribution is 2.46. The molecule has 2 amide bonds. The van der Waals surface area contributed by atoms with E-state index in [9.17, 15) is 19.2 Å². The number of methoxy groups -OCH3 is 2. The molecule has 0 spiro atoms. The zero-order valence-corrected chi connectivity index (χ0v) is 24.9. The molecule has 2 atom stereocenters. The van der Waals surface area contributed by atoms with Crippen LogP contribution in [0.5, 0.6) is 23.0 Å². The van der Waals surface area contributed by atoms with Crippen molar-refractivity contribution in [1.82, 2.24) is 10.3 Å². The van der Waals surface area contributed by atoms with Gasteiger partial charge in [-0.15, -0.1) is 0 Å². The summed E-state index contributed by atoms with van der Waals surface area (Å²) < 4.78 is 33.3. The Morgan fingerprint density at radius 1 is 1.02 bits per heavy atom. The van der Waals surface area contributed by atoms with Gasteiger partial charge in [-0.25, -0.2) is 9.18 Å². The fraction of sp³-hybridized carbons (Fsp3) is 0.281. The molecular formula is C32H32FN3O10. The number of amides is 2. The lowest BCUT2D eigenvalue weighted by atomic mass is 9.87. The van der Waals surface area contributed by atoms with Gasteiger partial charge in [0.05, 0.1) is 26.2 Å². The second-order valence-corrected chi connectivity index (χ2v) is 10.5. The Labute approximate surface area is 262 Å². The largest absolute Gasteiger partial charge is 0.493 e. The van der Waals surface area contributed by atoms with Crippen molar-refractivity contribution in [2.75, 3.05) is 14.2 Å². The van der Waals surface area contributed by atoms with Crippen LogP contribution < -0.4 is 25.3 Å². The molecular weight excluding hydrogens is 605 g/mol. The van der Waals surface area contributed by atoms with E-state index in [0.717, 1.165) is 0 Å². The third-order valence-corrected chi connectivity index (χ3v) is 7.47. The SMILES string of the molecule is COc1cc2nccc(Oc3ccccc3C3(F)C=CC(NC(=O)C4(C(N)=O)CC4)=CC3)c2cc1OC.O=C(O)C[C@H](O)C(=O)O. The van der Waals surface area contributed by atoms with Gasteiger partial charge in [-0.3, -0.25) is 19.4 Å². The predicted molar refractivity (Wildman–Crippen MR) is 161 cm³/mol. The van der Waals surface area contributed by atoms with Crippen molar-refractivity contribution >= 4 is 34.7 Å². The van der Waals surface area contributed by atoms with Crippen LogP contribution >= 0.6 is 0 Å². The maximum Gasteiger partial charge on any atom is 0.333 e. The van der Waals surface area contributed by atoms with Crippen molar-refractivity contribution in [1.29, 1.82) is 0 Å². The number of benzene rings is 2. The van der Waals surface area contributed by atoms with Crippen LogP contribution in [-0.2, 0) is 24.8 Å². The number of alkyl halides is 1. The van der Waals surface area contributed by atoms with Crippen molar-refractivity contribution in [3.8, 4) is 23.0 Å². The molecule has 1 unspecified atom stereocenters. The Kier molecular flexibility index (Phi) is 9.91. The van der Waals surface area contributed by atoms with Crippen LogP contribution in [-0.4, -0.2) is 64.4 Å². The van der Waals surface area contributed by atoms with Crippen molar-refractivity contribution in [2.45, 2.75) is 37.5 Å². The van der Waals surface area contributed by atoms with E-state index >= 15 is 4.39 Å². The van der Waals surface area contributed by atoms with E-state index in [1.165, 1.54) is 12.2 Å². The number of halogens is 1. The number of rotatable bonds is 11. The number of para-hydroxylation sites is 1. The third-order valence-electron chi connectivity index (χ3n) is 7.47. The molecule has 2 aromatic carbocycles. The molecule has 0 saturated heterocycles. The molecule has 14 heteroatoms. The minimum absolute atomic E-state index is 0.0365. The lowest BCUT2D eigenvalue weighted by Crippen LogP contribution is -2.40. The van der Waals surface area contributed by atoms with E-state index in [4.69, 9.17) is 35.3 Å². The van der Waals surface area contributed by atoms with E-state index in [0.29, 0.717) is 58.0 Å². The number of carboxylic acid groups (broad SMARTS) is 2. The van der Waals surface area contributed by atoms with Gasteiger partial charge in [-0.2, -0.15) is 0 Å². The monoisotopic (exact) mass is 637 g/mol. The summed E-state index contributed by atoms with van der Waals surface area (Å²) in [5.74, 6) is -2.08. The number of aliphatic carboxylic acids is 2. The summed E-state index contributed by atoms with van der Waals surface area (Å²) in [6, 6.07) is 12.1. The van der Waals surface area contributed by atoms with E-state index in [-0.39, 0.29) is 6.42 Å². The summed E-state index contributed by atoms with van der Waals surface area (Å²) in [6.45, 7) is 0. The molecule has 0 aliphatic heterocycles. The van der Waals surface area contributed by atoms with Gasteiger partial charge >= 0.3 is 11.9 Å². The second-order valence-electron chi connectivity index (χ2n) is 10.5. The number of aliphatic hydroxyl groups excluding tert-OH is 1. The first-order valence-electron chi connectivity index (χ1n) is 13.9. The number of nitrogens with zero attached hydrogens (tertiary/aromatic N) is 1. The number of hydrogen-bond donors (Lipinski definition) is 5. The van der Waals surface area contributed by atoms with Gasteiger partial charge in [0.15, 0.2) is 23.3 Å². The van der Waals surface area contributed by atoms with Crippen molar-refractivity contribution in [2.24, 2.45) is 11.1 Å². The minimum Gasteiger partial charge on any atom is -0.493 e. The van der Waals surface area contributed by atoms with E-state index in [1.54, 1.807) is 69.0 Å². The number of primary amides is 1. The summed E-state index contributed by atoms with van der Waals surface area (Å²) in [7, 11) is 3.09. The molecule has 1 aromatic heterocycles. The molecule has 1 heterocycles. The molecule has 0 radical (unpaired) electrons. The number of allylic oxidation sites excluding steroid dienone is 3. The summed E-state index contributed by atoms with van der Waals surface area (Å²) >= 11 is 0. The van der Waals surface area contributed by atoms with Gasteiger partial charge in [-0.1, -0.05) is 24.3 Å². The Bertz CT molecular complexity index is 1740. The average Bonchev–Trinajstić information content (AvgIpc) is 3.85. The summed E-state index contributed by atoms with van der Waals surface area (Å²) in [6.07, 6.45) is 4.33. The highest BCUT2D eigenvalue weighted by molar-refractivity contribution is 6.07. The van der Waals surface area contributed by atoms with Gasteiger partial charge in [0, 0.05) is 35.3 Å². The fourth-order valence-corrected chi connectivity index (χ4v) is 4.68. The Morgan fingerprint density at radius 2 is 1.70 bits per heavy atom. The van der Waals surface area contributed by atoms with Crippen LogP contribution in [0.25, 0.3) is 10.9 Å². The van der Waals surface area contributed by atoms with Crippen LogP contribution in [0.2, 0.25) is 0 Å². The molecule has 5 rings (SSSR count). The number of pyridine rings is 1. The molecule has 2 aliphatic rings. The third kappa shape index (κ3) is 7.24. The first-order valence-corrected chi connectivity index (χ1v) is 13.9. The van der Waals surface area contributed by atoms with Gasteiger partial charge in [-0.05, 0) is 43.2 Å². The van der Waals surface area contributed by atoms with E-state index in [1.807, 2.05) is 0 Å². The number of nitrogens with two attached hydrogens (primary N) is 1.